The molecule has 1 N–H and O–H groups in total. The maximum Gasteiger partial charge on any atom is 0.223 e. The third-order valence-corrected chi connectivity index (χ3v) is 4.15. The average molecular weight is 264 g/mol. The zero-order chi connectivity index (χ0) is 13.8. The lowest BCUT2D eigenvalue weighted by atomic mass is 9.94. The Bertz CT molecular complexity index is 476. The lowest BCUT2D eigenvalue weighted by molar-refractivity contribution is 0.180. The van der Waals surface area contributed by atoms with Crippen molar-refractivity contribution in [3.63, 3.8) is 0 Å². The number of rotatable bonds is 4. The van der Waals surface area contributed by atoms with E-state index >= 15 is 0 Å². The summed E-state index contributed by atoms with van der Waals surface area (Å²) in [7, 11) is 2.13. The largest absolute Gasteiger partial charge is 0.503 e. The zero-order valence-electron chi connectivity index (χ0n) is 11.9. The molecular weight excluding hydrogens is 240 g/mol. The molecule has 0 unspecified atom stereocenters. The van der Waals surface area contributed by atoms with Crippen LogP contribution >= 0.6 is 0 Å². The first-order valence-electron chi connectivity index (χ1n) is 7.24. The highest BCUT2D eigenvalue weighted by atomic mass is 16.3. The van der Waals surface area contributed by atoms with Crippen molar-refractivity contribution in [1.82, 2.24) is 9.47 Å². The van der Waals surface area contributed by atoms with E-state index in [-0.39, 0.29) is 11.2 Å². The number of hydrogen-bond acceptors (Lipinski definition) is 3. The molecule has 2 rings (SSSR count). The quantitative estimate of drug-likeness (QED) is 0.908. The molecule has 1 aliphatic carbocycles. The Kier molecular flexibility index (Phi) is 4.64. The van der Waals surface area contributed by atoms with E-state index in [0.29, 0.717) is 6.04 Å². The van der Waals surface area contributed by atoms with Gasteiger partial charge in [0, 0.05) is 30.9 Å². The molecule has 1 heterocycles. The number of hydrogen-bond donors (Lipinski definition) is 1. The highest BCUT2D eigenvalue weighted by molar-refractivity contribution is 5.20. The van der Waals surface area contributed by atoms with E-state index in [9.17, 15) is 9.90 Å². The summed E-state index contributed by atoms with van der Waals surface area (Å²) in [6.45, 7) is 3.56. The summed E-state index contributed by atoms with van der Waals surface area (Å²) >= 11 is 0. The fourth-order valence-corrected chi connectivity index (χ4v) is 2.94. The summed E-state index contributed by atoms with van der Waals surface area (Å²) in [5.41, 5.74) is 0.704. The summed E-state index contributed by atoms with van der Waals surface area (Å²) in [6, 6.07) is 2.20. The van der Waals surface area contributed by atoms with Gasteiger partial charge in [-0.15, -0.1) is 0 Å². The van der Waals surface area contributed by atoms with Crippen molar-refractivity contribution in [3.8, 4) is 5.75 Å². The molecule has 0 amide bonds. The molecule has 0 bridgehead atoms. The monoisotopic (exact) mass is 264 g/mol. The van der Waals surface area contributed by atoms with Crippen molar-refractivity contribution >= 4 is 0 Å². The molecule has 0 aliphatic heterocycles. The van der Waals surface area contributed by atoms with Crippen molar-refractivity contribution in [2.24, 2.45) is 0 Å². The van der Waals surface area contributed by atoms with Gasteiger partial charge >= 0.3 is 0 Å². The van der Waals surface area contributed by atoms with Crippen molar-refractivity contribution in [2.75, 3.05) is 7.05 Å². The minimum Gasteiger partial charge on any atom is -0.503 e. The van der Waals surface area contributed by atoms with Crippen LogP contribution in [0.4, 0.5) is 0 Å². The van der Waals surface area contributed by atoms with Gasteiger partial charge in [0.05, 0.1) is 6.20 Å². The molecule has 0 radical (unpaired) electrons. The highest BCUT2D eigenvalue weighted by Crippen LogP contribution is 2.22. The third kappa shape index (κ3) is 3.38. The van der Waals surface area contributed by atoms with Crippen LogP contribution in [0.15, 0.2) is 17.1 Å². The summed E-state index contributed by atoms with van der Waals surface area (Å²) in [4.78, 5) is 13.9. The number of aromatic nitrogens is 1. The van der Waals surface area contributed by atoms with E-state index in [0.717, 1.165) is 18.8 Å². The fraction of sp³-hybridized carbons (Fsp3) is 0.667. The average Bonchev–Trinajstić information content (AvgIpc) is 2.43. The van der Waals surface area contributed by atoms with Crippen molar-refractivity contribution in [3.05, 3.63) is 28.2 Å². The van der Waals surface area contributed by atoms with Crippen molar-refractivity contribution in [1.29, 1.82) is 0 Å². The minimum absolute atomic E-state index is 0.161. The Morgan fingerprint density at radius 1 is 1.37 bits per heavy atom. The van der Waals surface area contributed by atoms with Gasteiger partial charge in [-0.1, -0.05) is 19.3 Å². The standard InChI is InChI=1S/C15H24N2O2/c1-3-17-11-15(19)14(18)9-13(17)10-16(2)12-7-5-4-6-8-12/h9,11-12,19H,3-8,10H2,1-2H3. The van der Waals surface area contributed by atoms with E-state index in [1.54, 1.807) is 12.3 Å². The second kappa shape index (κ2) is 6.24. The summed E-state index contributed by atoms with van der Waals surface area (Å²) in [6.07, 6.45) is 8.03. The van der Waals surface area contributed by atoms with Gasteiger partial charge in [-0.05, 0) is 26.8 Å². The van der Waals surface area contributed by atoms with Crippen LogP contribution in [-0.2, 0) is 13.1 Å². The van der Waals surface area contributed by atoms with Crippen LogP contribution in [0.1, 0.15) is 44.7 Å². The van der Waals surface area contributed by atoms with Crippen molar-refractivity contribution < 1.29 is 5.11 Å². The Morgan fingerprint density at radius 2 is 2.05 bits per heavy atom. The second-order valence-corrected chi connectivity index (χ2v) is 5.51. The third-order valence-electron chi connectivity index (χ3n) is 4.15. The lowest BCUT2D eigenvalue weighted by Crippen LogP contribution is -2.34. The van der Waals surface area contributed by atoms with Crippen LogP contribution in [-0.4, -0.2) is 27.7 Å². The molecule has 19 heavy (non-hydrogen) atoms. The van der Waals surface area contributed by atoms with Crippen LogP contribution in [0.3, 0.4) is 0 Å². The molecule has 1 aliphatic rings. The Balaban J connectivity index is 2.13. The minimum atomic E-state index is -0.281. The second-order valence-electron chi connectivity index (χ2n) is 5.51. The van der Waals surface area contributed by atoms with Crippen LogP contribution < -0.4 is 5.43 Å². The molecule has 1 aromatic rings. The molecular formula is C15H24N2O2. The van der Waals surface area contributed by atoms with Crippen LogP contribution in [0.25, 0.3) is 0 Å². The Hall–Kier alpha value is -1.29. The molecule has 0 spiro atoms. The van der Waals surface area contributed by atoms with E-state index in [2.05, 4.69) is 11.9 Å². The van der Waals surface area contributed by atoms with Crippen molar-refractivity contribution in [2.45, 2.75) is 58.2 Å². The summed E-state index contributed by atoms with van der Waals surface area (Å²) in [5.74, 6) is -0.161. The van der Waals surface area contributed by atoms with Gasteiger partial charge in [-0.2, -0.15) is 0 Å². The number of aromatic hydroxyl groups is 1. The van der Waals surface area contributed by atoms with E-state index in [1.807, 2.05) is 11.5 Å². The molecule has 4 heteroatoms. The number of aryl methyl sites for hydroxylation is 1. The van der Waals surface area contributed by atoms with Gasteiger partial charge in [-0.25, -0.2) is 0 Å². The molecule has 1 saturated carbocycles. The normalized spacial score (nSPS) is 17.0. The smallest absolute Gasteiger partial charge is 0.223 e. The van der Waals surface area contributed by atoms with E-state index < -0.39 is 0 Å². The van der Waals surface area contributed by atoms with E-state index in [1.165, 1.54) is 32.1 Å². The predicted molar refractivity (Wildman–Crippen MR) is 76.4 cm³/mol. The maximum atomic E-state index is 11.6. The van der Waals surface area contributed by atoms with Gasteiger partial charge in [0.1, 0.15) is 0 Å². The molecule has 0 saturated heterocycles. The summed E-state index contributed by atoms with van der Waals surface area (Å²) in [5, 5.41) is 9.49. The summed E-state index contributed by atoms with van der Waals surface area (Å²) < 4.78 is 1.95. The SMILES string of the molecule is CCn1cc(O)c(=O)cc1CN(C)C1CCCCC1. The van der Waals surface area contributed by atoms with Gasteiger partial charge in [-0.3, -0.25) is 9.69 Å². The molecule has 106 valence electrons. The molecule has 0 aromatic carbocycles. The first-order valence-corrected chi connectivity index (χ1v) is 7.24. The fourth-order valence-electron chi connectivity index (χ4n) is 2.94. The van der Waals surface area contributed by atoms with Crippen LogP contribution in [0.5, 0.6) is 5.75 Å². The van der Waals surface area contributed by atoms with E-state index in [4.69, 9.17) is 0 Å². The number of nitrogens with zero attached hydrogens (tertiary/aromatic N) is 2. The zero-order valence-corrected chi connectivity index (χ0v) is 11.9. The molecule has 1 fully saturated rings. The Labute approximate surface area is 114 Å². The topological polar surface area (TPSA) is 45.5 Å². The molecule has 4 nitrogen and oxygen atoms in total. The van der Waals surface area contributed by atoms with Crippen LogP contribution in [0.2, 0.25) is 0 Å². The Morgan fingerprint density at radius 3 is 2.68 bits per heavy atom. The van der Waals surface area contributed by atoms with Gasteiger partial charge in [0.2, 0.25) is 5.43 Å². The first kappa shape index (κ1) is 14.1. The molecule has 0 atom stereocenters. The maximum absolute atomic E-state index is 11.6. The first-order chi connectivity index (χ1) is 9.11. The van der Waals surface area contributed by atoms with Gasteiger partial charge < -0.3 is 9.67 Å². The highest BCUT2D eigenvalue weighted by Gasteiger charge is 2.19. The lowest BCUT2D eigenvalue weighted by Gasteiger charge is -2.31. The number of pyridine rings is 1. The van der Waals surface area contributed by atoms with Crippen LogP contribution in [0, 0.1) is 0 Å². The molecule has 1 aromatic heterocycles. The van der Waals surface area contributed by atoms with Gasteiger partial charge in [0.15, 0.2) is 5.75 Å². The predicted octanol–water partition coefficient (Wildman–Crippen LogP) is 2.34. The van der Waals surface area contributed by atoms with Gasteiger partial charge in [0.25, 0.3) is 0 Å².